The zero-order valence-corrected chi connectivity index (χ0v) is 10.5. The molecular formula is C14H19N3. The van der Waals surface area contributed by atoms with Crippen LogP contribution in [-0.2, 0) is 13.1 Å². The minimum atomic E-state index is 0.849. The molecule has 0 bridgehead atoms. The first-order valence-corrected chi connectivity index (χ1v) is 6.09. The van der Waals surface area contributed by atoms with Crippen LogP contribution < -0.4 is 5.32 Å². The largest absolute Gasteiger partial charge is 0.380 e. The molecule has 3 heteroatoms. The van der Waals surface area contributed by atoms with E-state index >= 15 is 0 Å². The Kier molecular flexibility index (Phi) is 3.81. The van der Waals surface area contributed by atoms with E-state index in [4.69, 9.17) is 0 Å². The molecule has 1 N–H and O–H groups in total. The predicted octanol–water partition coefficient (Wildman–Crippen LogP) is 3.21. The van der Waals surface area contributed by atoms with Crippen molar-refractivity contribution in [2.24, 2.45) is 0 Å². The van der Waals surface area contributed by atoms with Crippen LogP contribution in [0.5, 0.6) is 0 Å². The predicted molar refractivity (Wildman–Crippen MR) is 71.0 cm³/mol. The second-order valence-electron chi connectivity index (χ2n) is 4.30. The number of nitrogens with zero attached hydrogens (tertiary/aromatic N) is 2. The fraction of sp³-hybridized carbons (Fsp3) is 0.357. The van der Waals surface area contributed by atoms with Crippen LogP contribution in [0.3, 0.4) is 0 Å². The van der Waals surface area contributed by atoms with E-state index in [1.54, 1.807) is 0 Å². The molecule has 0 aliphatic rings. The van der Waals surface area contributed by atoms with Crippen molar-refractivity contribution in [2.45, 2.75) is 33.4 Å². The van der Waals surface area contributed by atoms with E-state index < -0.39 is 0 Å². The number of hydrogen-bond acceptors (Lipinski definition) is 2. The van der Waals surface area contributed by atoms with Crippen molar-refractivity contribution in [2.75, 3.05) is 5.32 Å². The molecule has 0 fully saturated rings. The quantitative estimate of drug-likeness (QED) is 0.853. The Balaban J connectivity index is 1.90. The van der Waals surface area contributed by atoms with Crippen LogP contribution in [0, 0.1) is 6.92 Å². The van der Waals surface area contributed by atoms with E-state index in [1.807, 2.05) is 19.2 Å². The zero-order chi connectivity index (χ0) is 12.1. The molecule has 2 aromatic heterocycles. The molecular weight excluding hydrogens is 210 g/mol. The molecule has 0 radical (unpaired) electrons. The summed E-state index contributed by atoms with van der Waals surface area (Å²) in [4.78, 5) is 4.26. The van der Waals surface area contributed by atoms with Crippen molar-refractivity contribution in [1.29, 1.82) is 0 Å². The monoisotopic (exact) mass is 229 g/mol. The molecule has 0 saturated carbocycles. The van der Waals surface area contributed by atoms with Crippen molar-refractivity contribution < 1.29 is 0 Å². The van der Waals surface area contributed by atoms with Gasteiger partial charge in [0, 0.05) is 31.2 Å². The first-order chi connectivity index (χ1) is 8.28. The summed E-state index contributed by atoms with van der Waals surface area (Å²) in [6.45, 7) is 6.12. The highest BCUT2D eigenvalue weighted by atomic mass is 14.9. The summed E-state index contributed by atoms with van der Waals surface area (Å²) in [6.07, 6.45) is 7.37. The highest BCUT2D eigenvalue weighted by Crippen LogP contribution is 2.09. The van der Waals surface area contributed by atoms with E-state index in [9.17, 15) is 0 Å². The molecule has 0 aliphatic heterocycles. The maximum absolute atomic E-state index is 4.26. The lowest BCUT2D eigenvalue weighted by atomic mass is 10.3. The average Bonchev–Trinajstić information content (AvgIpc) is 2.77. The van der Waals surface area contributed by atoms with Crippen molar-refractivity contribution in [3.05, 3.63) is 48.0 Å². The first kappa shape index (κ1) is 11.7. The standard InChI is InChI=1S/C14H19N3/c1-3-7-17-8-6-13(11-17)9-16-14-5-4-12(2)15-10-14/h4-6,8,10-11,16H,3,7,9H2,1-2H3. The summed E-state index contributed by atoms with van der Waals surface area (Å²) in [6, 6.07) is 6.24. The third-order valence-electron chi connectivity index (χ3n) is 2.70. The van der Waals surface area contributed by atoms with Crippen LogP contribution in [0.25, 0.3) is 0 Å². The third kappa shape index (κ3) is 3.34. The van der Waals surface area contributed by atoms with E-state index in [2.05, 4.69) is 46.3 Å². The Labute approximate surface area is 103 Å². The number of hydrogen-bond donors (Lipinski definition) is 1. The van der Waals surface area contributed by atoms with Crippen LogP contribution in [0.1, 0.15) is 24.6 Å². The molecule has 0 aromatic carbocycles. The normalized spacial score (nSPS) is 10.5. The van der Waals surface area contributed by atoms with Crippen molar-refractivity contribution >= 4 is 5.69 Å². The Hall–Kier alpha value is -1.77. The topological polar surface area (TPSA) is 29.9 Å². The van der Waals surface area contributed by atoms with E-state index in [0.717, 1.165) is 24.5 Å². The minimum Gasteiger partial charge on any atom is -0.380 e. The number of nitrogens with one attached hydrogen (secondary N) is 1. The second-order valence-corrected chi connectivity index (χ2v) is 4.30. The van der Waals surface area contributed by atoms with Crippen LogP contribution in [0.2, 0.25) is 0 Å². The van der Waals surface area contributed by atoms with Gasteiger partial charge in [0.05, 0.1) is 11.9 Å². The third-order valence-corrected chi connectivity index (χ3v) is 2.70. The number of aryl methyl sites for hydroxylation is 2. The molecule has 0 spiro atoms. The van der Waals surface area contributed by atoms with Crippen LogP contribution in [-0.4, -0.2) is 9.55 Å². The molecule has 0 unspecified atom stereocenters. The van der Waals surface area contributed by atoms with Gasteiger partial charge in [0.1, 0.15) is 0 Å². The lowest BCUT2D eigenvalue weighted by molar-refractivity contribution is 0.681. The molecule has 0 amide bonds. The molecule has 0 aliphatic carbocycles. The maximum Gasteiger partial charge on any atom is 0.0529 e. The Morgan fingerprint density at radius 2 is 2.18 bits per heavy atom. The van der Waals surface area contributed by atoms with Gasteiger partial charge in [0.2, 0.25) is 0 Å². The van der Waals surface area contributed by atoms with Crippen LogP contribution in [0.15, 0.2) is 36.8 Å². The van der Waals surface area contributed by atoms with Gasteiger partial charge >= 0.3 is 0 Å². The van der Waals surface area contributed by atoms with Gasteiger partial charge in [0.15, 0.2) is 0 Å². The maximum atomic E-state index is 4.26. The fourth-order valence-corrected chi connectivity index (χ4v) is 1.77. The second kappa shape index (κ2) is 5.53. The molecule has 2 rings (SSSR count). The van der Waals surface area contributed by atoms with Crippen LogP contribution >= 0.6 is 0 Å². The molecule has 17 heavy (non-hydrogen) atoms. The molecule has 3 nitrogen and oxygen atoms in total. The van der Waals surface area contributed by atoms with Gasteiger partial charge in [-0.1, -0.05) is 6.92 Å². The smallest absolute Gasteiger partial charge is 0.0529 e. The van der Waals surface area contributed by atoms with Crippen molar-refractivity contribution in [3.63, 3.8) is 0 Å². The zero-order valence-electron chi connectivity index (χ0n) is 10.5. The molecule has 90 valence electrons. The number of aromatic nitrogens is 2. The van der Waals surface area contributed by atoms with E-state index in [-0.39, 0.29) is 0 Å². The van der Waals surface area contributed by atoms with Gasteiger partial charge in [-0.05, 0) is 37.1 Å². The SMILES string of the molecule is CCCn1ccc(CNc2ccc(C)nc2)c1. The molecule has 0 saturated heterocycles. The van der Waals surface area contributed by atoms with E-state index in [1.165, 1.54) is 12.0 Å². The number of rotatable bonds is 5. The average molecular weight is 229 g/mol. The van der Waals surface area contributed by atoms with Gasteiger partial charge < -0.3 is 9.88 Å². The number of anilines is 1. The Morgan fingerprint density at radius 3 is 2.88 bits per heavy atom. The highest BCUT2D eigenvalue weighted by molar-refractivity contribution is 5.41. The van der Waals surface area contributed by atoms with Gasteiger partial charge in [-0.2, -0.15) is 0 Å². The van der Waals surface area contributed by atoms with Gasteiger partial charge in [-0.3, -0.25) is 4.98 Å². The summed E-state index contributed by atoms with van der Waals surface area (Å²) in [5.41, 5.74) is 3.42. The van der Waals surface area contributed by atoms with Crippen molar-refractivity contribution in [1.82, 2.24) is 9.55 Å². The fourth-order valence-electron chi connectivity index (χ4n) is 1.77. The van der Waals surface area contributed by atoms with Gasteiger partial charge in [-0.15, -0.1) is 0 Å². The minimum absolute atomic E-state index is 0.849. The summed E-state index contributed by atoms with van der Waals surface area (Å²) in [5.74, 6) is 0. The Bertz CT molecular complexity index is 457. The van der Waals surface area contributed by atoms with E-state index in [0.29, 0.717) is 0 Å². The first-order valence-electron chi connectivity index (χ1n) is 6.09. The molecule has 2 aromatic rings. The lowest BCUT2D eigenvalue weighted by Crippen LogP contribution is -1.99. The Morgan fingerprint density at radius 1 is 1.29 bits per heavy atom. The van der Waals surface area contributed by atoms with Crippen LogP contribution in [0.4, 0.5) is 5.69 Å². The van der Waals surface area contributed by atoms with Crippen molar-refractivity contribution in [3.8, 4) is 0 Å². The summed E-state index contributed by atoms with van der Waals surface area (Å²) >= 11 is 0. The lowest BCUT2D eigenvalue weighted by Gasteiger charge is -2.04. The van der Waals surface area contributed by atoms with Gasteiger partial charge in [0.25, 0.3) is 0 Å². The summed E-state index contributed by atoms with van der Waals surface area (Å²) in [5, 5.41) is 3.37. The summed E-state index contributed by atoms with van der Waals surface area (Å²) in [7, 11) is 0. The summed E-state index contributed by atoms with van der Waals surface area (Å²) < 4.78 is 2.23. The number of pyridine rings is 1. The van der Waals surface area contributed by atoms with Gasteiger partial charge in [-0.25, -0.2) is 0 Å². The molecule has 2 heterocycles. The molecule has 0 atom stereocenters. The highest BCUT2D eigenvalue weighted by Gasteiger charge is 1.97.